The lowest BCUT2D eigenvalue weighted by molar-refractivity contribution is -0.141. The minimum Gasteiger partial charge on any atom is -0.507 e. The Morgan fingerprint density at radius 1 is 0.936 bits per heavy atom. The number of nitrogens with zero attached hydrogens (tertiary/aromatic N) is 10. The van der Waals surface area contributed by atoms with Gasteiger partial charge in [0.1, 0.15) is 30.4 Å². The Kier molecular flexibility index (Phi) is 15.5. The molecule has 4 aliphatic heterocycles. The maximum absolute atomic E-state index is 14.2. The van der Waals surface area contributed by atoms with Crippen LogP contribution in [0.4, 0.5) is 17.2 Å². The summed E-state index contributed by atoms with van der Waals surface area (Å²) in [6.07, 6.45) is 7.04. The number of phenolic OH excluding ortho intramolecular Hbond substituents is 1. The van der Waals surface area contributed by atoms with Crippen LogP contribution in [0.25, 0.3) is 21.7 Å². The van der Waals surface area contributed by atoms with E-state index in [1.54, 1.807) is 29.8 Å². The predicted octanol–water partition coefficient (Wildman–Crippen LogP) is 6.46. The summed E-state index contributed by atoms with van der Waals surface area (Å²) in [6, 6.07) is 22.3. The van der Waals surface area contributed by atoms with Crippen LogP contribution in [0.15, 0.2) is 83.0 Å². The van der Waals surface area contributed by atoms with Gasteiger partial charge in [0.2, 0.25) is 17.7 Å². The van der Waals surface area contributed by atoms with Crippen LogP contribution in [0.2, 0.25) is 0 Å². The summed E-state index contributed by atoms with van der Waals surface area (Å²) >= 11 is 1.50. The van der Waals surface area contributed by atoms with Crippen molar-refractivity contribution in [3.63, 3.8) is 0 Å². The molecule has 20 nitrogen and oxygen atoms in total. The van der Waals surface area contributed by atoms with Crippen molar-refractivity contribution in [3.05, 3.63) is 101 Å². The van der Waals surface area contributed by atoms with Crippen LogP contribution >= 0.6 is 11.3 Å². The number of para-hydroxylation sites is 1. The third-order valence-corrected chi connectivity index (χ3v) is 17.0. The quantitative estimate of drug-likeness (QED) is 0.0720. The van der Waals surface area contributed by atoms with Gasteiger partial charge < -0.3 is 54.7 Å². The number of aromatic nitrogens is 5. The average molecular weight is 1080 g/mol. The van der Waals surface area contributed by atoms with Gasteiger partial charge in [0.25, 0.3) is 5.88 Å². The van der Waals surface area contributed by atoms with Crippen molar-refractivity contribution >= 4 is 40.3 Å². The Hall–Kier alpha value is -7.38. The Morgan fingerprint density at radius 2 is 1.73 bits per heavy atom. The molecule has 78 heavy (non-hydrogen) atoms. The van der Waals surface area contributed by atoms with E-state index in [0.29, 0.717) is 53.0 Å². The van der Waals surface area contributed by atoms with Gasteiger partial charge in [-0.1, -0.05) is 38.1 Å². The van der Waals surface area contributed by atoms with Crippen molar-refractivity contribution < 1.29 is 38.5 Å². The minimum absolute atomic E-state index is 0.00628. The van der Waals surface area contributed by atoms with Gasteiger partial charge in [-0.25, -0.2) is 9.97 Å². The first kappa shape index (κ1) is 52.7. The van der Waals surface area contributed by atoms with Crippen molar-refractivity contribution in [2.45, 2.75) is 121 Å². The average Bonchev–Trinajstić information content (AvgIpc) is 4.40. The molecule has 5 atom stereocenters. The molecule has 5 aliphatic rings. The molecular weight excluding hydrogens is 1010 g/mol. The number of nitrogens with one attached hydrogen (secondary N) is 1. The molecular formula is C57H66N12O8S. The van der Waals surface area contributed by atoms with Crippen LogP contribution in [0.5, 0.6) is 17.5 Å². The number of piperidine rings is 1. The number of thiazole rings is 1. The van der Waals surface area contributed by atoms with Crippen LogP contribution in [-0.2, 0) is 20.9 Å². The maximum Gasteiger partial charge on any atom is 0.254 e. The van der Waals surface area contributed by atoms with E-state index in [2.05, 4.69) is 63.5 Å². The van der Waals surface area contributed by atoms with Crippen molar-refractivity contribution in [2.24, 2.45) is 5.92 Å². The molecule has 0 radical (unpaired) electrons. The third-order valence-electron chi connectivity index (χ3n) is 16.0. The van der Waals surface area contributed by atoms with Crippen LogP contribution in [-0.4, -0.2) is 146 Å². The number of fused-ring (bicyclic) bond motifs is 2. The van der Waals surface area contributed by atoms with Crippen molar-refractivity contribution in [2.75, 3.05) is 61.4 Å². The van der Waals surface area contributed by atoms with Gasteiger partial charge in [0, 0.05) is 107 Å². The summed E-state index contributed by atoms with van der Waals surface area (Å²) in [5.41, 5.74) is 14.2. The Balaban J connectivity index is 0.602. The number of pyridine rings is 1. The number of nitriles is 1. The number of aliphatic hydroxyl groups is 1. The highest BCUT2D eigenvalue weighted by Gasteiger charge is 2.44. The number of aryl methyl sites for hydroxylation is 1. The van der Waals surface area contributed by atoms with E-state index in [0.717, 1.165) is 92.2 Å². The Morgan fingerprint density at radius 3 is 2.47 bits per heavy atom. The maximum atomic E-state index is 14.2. The van der Waals surface area contributed by atoms with Gasteiger partial charge in [-0.3, -0.25) is 14.5 Å². The molecule has 408 valence electrons. The molecule has 2 bridgehead atoms. The lowest BCUT2D eigenvalue weighted by atomic mass is 9.91. The molecule has 2 aromatic carbocycles. The third kappa shape index (κ3) is 11.3. The SMILES string of the molecule is Cc1ncsc1-c1ccc(CNC(=O)[C@@H]2C[C@@H](O)CN2C(=O)[C@@H](c2cc(OCCN3CCC(O[C@H]4C[C@H](Oc5cc(N6C7CCC6CN(c6cc(-c8ccccc8O)nnc6N)C7)ccn5)C4)CC3)no2)C(C)C)c(C#N)c1. The number of aliphatic hydroxyl groups excluding tert-OH is 1. The zero-order chi connectivity index (χ0) is 54.0. The first-order valence-electron chi connectivity index (χ1n) is 27.1. The Labute approximate surface area is 457 Å². The second-order valence-electron chi connectivity index (χ2n) is 21.6. The van der Waals surface area contributed by atoms with E-state index in [4.69, 9.17) is 24.5 Å². The number of ether oxygens (including phenoxy) is 3. The number of β-amino-alcohol motifs (C(OH)–C–C–N with tert-alkyl or cyclic N) is 1. The first-order chi connectivity index (χ1) is 37.8. The summed E-state index contributed by atoms with van der Waals surface area (Å²) in [5.74, 6) is 0.0549. The molecule has 5 N–H and O–H groups in total. The van der Waals surface area contributed by atoms with Gasteiger partial charge in [0.05, 0.1) is 57.4 Å². The van der Waals surface area contributed by atoms with Crippen LogP contribution in [0.3, 0.4) is 0 Å². The van der Waals surface area contributed by atoms with E-state index in [-0.39, 0.29) is 73.4 Å². The number of aromatic hydroxyl groups is 1. The topological polar surface area (TPSA) is 255 Å². The smallest absolute Gasteiger partial charge is 0.254 e. The van der Waals surface area contributed by atoms with E-state index >= 15 is 0 Å². The number of piperazine rings is 1. The lowest BCUT2D eigenvalue weighted by Crippen LogP contribution is -2.54. The van der Waals surface area contributed by atoms with E-state index in [1.807, 2.05) is 57.3 Å². The zero-order valence-electron chi connectivity index (χ0n) is 44.1. The highest BCUT2D eigenvalue weighted by Crippen LogP contribution is 2.41. The predicted molar refractivity (Wildman–Crippen MR) is 292 cm³/mol. The normalized spacial score (nSPS) is 22.8. The number of rotatable bonds is 18. The molecule has 4 aromatic heterocycles. The van der Waals surface area contributed by atoms with Crippen molar-refractivity contribution in [3.8, 4) is 45.3 Å². The highest BCUT2D eigenvalue weighted by atomic mass is 32.1. The van der Waals surface area contributed by atoms with Gasteiger partial charge in [0.15, 0.2) is 11.6 Å². The number of nitrogens with two attached hydrogens (primary N) is 1. The number of phenols is 1. The number of carbonyl (C=O) groups is 2. The standard InChI is InChI=1S/C57H66N12O8S/c1-33(2)53(57(73)68-31-41(70)22-48(68)56(72)61-28-36-9-8-35(20-37(36)27-58)54-34(3)62-32-78-54)50-26-52(65-77-50)74-19-18-66-16-13-42(14-17-66)75-43-23-44(24-43)76-51-21-38(12-15-60-51)69-39-10-11-40(69)30-67(29-39)47-25-46(63-64-55(47)59)45-6-4-5-7-49(45)71/h4-9,12,15,20-21,25-26,32-33,39-44,48,53,70-71H,10-11,13-14,16-19,22-24,28-31H2,1-3H3,(H2,59,64)(H,61,72)/t39?,40?,41-,43-,44-,48+,53-/m1/s1. The molecule has 4 saturated heterocycles. The molecule has 8 heterocycles. The molecule has 21 heteroatoms. The van der Waals surface area contributed by atoms with Gasteiger partial charge in [-0.05, 0) is 85.1 Å². The molecule has 1 saturated carbocycles. The van der Waals surface area contributed by atoms with E-state index in [1.165, 1.54) is 16.2 Å². The summed E-state index contributed by atoms with van der Waals surface area (Å²) in [7, 11) is 0. The van der Waals surface area contributed by atoms with Crippen LogP contribution in [0, 0.1) is 24.2 Å². The highest BCUT2D eigenvalue weighted by molar-refractivity contribution is 7.13. The van der Waals surface area contributed by atoms with E-state index < -0.39 is 24.0 Å². The number of amides is 2. The molecule has 5 fully saturated rings. The second kappa shape index (κ2) is 22.9. The molecule has 0 spiro atoms. The molecule has 1 aliphatic carbocycles. The summed E-state index contributed by atoms with van der Waals surface area (Å²) < 4.78 is 24.7. The lowest BCUT2D eigenvalue weighted by Gasteiger charge is -2.43. The number of likely N-dealkylation sites (tertiary alicyclic amines) is 2. The van der Waals surface area contributed by atoms with Crippen LogP contribution in [0.1, 0.15) is 87.3 Å². The number of nitrogen functional groups attached to an aromatic ring is 1. The fourth-order valence-electron chi connectivity index (χ4n) is 11.9. The largest absolute Gasteiger partial charge is 0.507 e. The van der Waals surface area contributed by atoms with Crippen molar-refractivity contribution in [1.82, 2.24) is 40.4 Å². The Bertz CT molecular complexity index is 3140. The van der Waals surface area contributed by atoms with Gasteiger partial charge in [-0.15, -0.1) is 21.5 Å². The number of hydrogen-bond acceptors (Lipinski definition) is 19. The minimum atomic E-state index is -0.901. The molecule has 11 rings (SSSR count). The van der Waals surface area contributed by atoms with Gasteiger partial charge in [-0.2, -0.15) is 5.26 Å². The van der Waals surface area contributed by atoms with Crippen molar-refractivity contribution in [1.29, 1.82) is 5.26 Å². The monoisotopic (exact) mass is 1080 g/mol. The van der Waals surface area contributed by atoms with Gasteiger partial charge >= 0.3 is 0 Å². The second-order valence-corrected chi connectivity index (χ2v) is 22.4. The number of carbonyl (C=O) groups excluding carboxylic acids is 2. The fraction of sp³-hybridized carbons (Fsp3) is 0.474. The number of anilines is 3. The number of hydrogen-bond donors (Lipinski definition) is 4. The molecule has 2 unspecified atom stereocenters. The number of benzene rings is 2. The zero-order valence-corrected chi connectivity index (χ0v) is 44.9. The van der Waals surface area contributed by atoms with Crippen LogP contribution < -0.4 is 30.3 Å². The summed E-state index contributed by atoms with van der Waals surface area (Å²) in [4.78, 5) is 46.4. The summed E-state index contributed by atoms with van der Waals surface area (Å²) in [6.45, 7) is 10.2. The first-order valence-corrected chi connectivity index (χ1v) is 28.0. The fourth-order valence-corrected chi connectivity index (χ4v) is 12.7. The van der Waals surface area contributed by atoms with E-state index in [9.17, 15) is 25.1 Å². The summed E-state index contributed by atoms with van der Waals surface area (Å²) in [5, 5.41) is 46.7. The molecule has 6 aromatic rings. The molecule has 2 amide bonds.